The minimum Gasteiger partial charge on any atom is -0.371 e. The molecular formula is C14H22N4O. The number of nitrogens with one attached hydrogen (secondary N) is 2. The second-order valence-electron chi connectivity index (χ2n) is 4.99. The summed E-state index contributed by atoms with van der Waals surface area (Å²) in [5.74, 6) is 0.543. The van der Waals surface area contributed by atoms with E-state index in [2.05, 4.69) is 20.5 Å². The predicted molar refractivity (Wildman–Crippen MR) is 76.5 cm³/mol. The molecule has 0 saturated carbocycles. The Morgan fingerprint density at radius 3 is 3.11 bits per heavy atom. The lowest BCUT2D eigenvalue weighted by Gasteiger charge is -2.34. The van der Waals surface area contributed by atoms with E-state index in [1.165, 1.54) is 12.8 Å². The van der Waals surface area contributed by atoms with Crippen molar-refractivity contribution in [1.29, 1.82) is 0 Å². The third-order valence-corrected chi connectivity index (χ3v) is 3.58. The van der Waals surface area contributed by atoms with Crippen LogP contribution in [0.15, 0.2) is 18.3 Å². The van der Waals surface area contributed by atoms with Crippen LogP contribution in [0.25, 0.3) is 0 Å². The van der Waals surface area contributed by atoms with Gasteiger partial charge in [-0.15, -0.1) is 0 Å². The van der Waals surface area contributed by atoms with Crippen LogP contribution in [0.1, 0.15) is 23.3 Å². The minimum atomic E-state index is -0.134. The maximum Gasteiger partial charge on any atom is 0.269 e. The summed E-state index contributed by atoms with van der Waals surface area (Å²) in [6.07, 6.45) is 4.18. The van der Waals surface area contributed by atoms with Crippen LogP contribution in [0.4, 0.5) is 5.69 Å². The molecule has 1 amide bonds. The summed E-state index contributed by atoms with van der Waals surface area (Å²) < 4.78 is 0. The van der Waals surface area contributed by atoms with E-state index < -0.39 is 0 Å². The summed E-state index contributed by atoms with van der Waals surface area (Å²) in [4.78, 5) is 18.1. The normalized spacial score (nSPS) is 19.3. The number of nitrogens with zero attached hydrogens (tertiary/aromatic N) is 2. The van der Waals surface area contributed by atoms with Gasteiger partial charge in [-0.3, -0.25) is 9.78 Å². The summed E-state index contributed by atoms with van der Waals surface area (Å²) in [7, 11) is 3.62. The molecule has 104 valence electrons. The molecule has 1 aromatic heterocycles. The van der Waals surface area contributed by atoms with Crippen molar-refractivity contribution in [1.82, 2.24) is 15.6 Å². The first-order chi connectivity index (χ1) is 9.24. The van der Waals surface area contributed by atoms with E-state index in [1.807, 2.05) is 19.2 Å². The second kappa shape index (κ2) is 6.52. The highest BCUT2D eigenvalue weighted by molar-refractivity contribution is 5.92. The standard InChI is InChI=1S/C14H22N4O/c1-15-9-11-4-3-7-18(10-11)12-5-6-17-13(8-12)14(19)16-2/h5-6,8,11,15H,3-4,7,9-10H2,1-2H3,(H,16,19). The van der Waals surface area contributed by atoms with E-state index in [-0.39, 0.29) is 5.91 Å². The first-order valence-electron chi connectivity index (χ1n) is 6.82. The van der Waals surface area contributed by atoms with Gasteiger partial charge in [0.05, 0.1) is 0 Å². The van der Waals surface area contributed by atoms with Crippen LogP contribution in [0.5, 0.6) is 0 Å². The fourth-order valence-electron chi connectivity index (χ4n) is 2.62. The van der Waals surface area contributed by atoms with Gasteiger partial charge in [0.15, 0.2) is 0 Å². The molecule has 0 bridgehead atoms. The highest BCUT2D eigenvalue weighted by atomic mass is 16.1. The summed E-state index contributed by atoms with van der Waals surface area (Å²) in [6.45, 7) is 3.14. The molecule has 1 fully saturated rings. The molecule has 1 saturated heterocycles. The maximum atomic E-state index is 11.6. The number of carbonyl (C=O) groups is 1. The second-order valence-corrected chi connectivity index (χ2v) is 4.99. The number of carbonyl (C=O) groups excluding carboxylic acids is 1. The highest BCUT2D eigenvalue weighted by Crippen LogP contribution is 2.23. The van der Waals surface area contributed by atoms with Crippen molar-refractivity contribution in [3.05, 3.63) is 24.0 Å². The van der Waals surface area contributed by atoms with Crippen molar-refractivity contribution in [2.75, 3.05) is 38.6 Å². The molecule has 0 radical (unpaired) electrons. The Bertz CT molecular complexity index is 433. The molecule has 0 spiro atoms. The average Bonchev–Trinajstić information content (AvgIpc) is 2.47. The van der Waals surface area contributed by atoms with Crippen LogP contribution in [0.2, 0.25) is 0 Å². The summed E-state index contributed by atoms with van der Waals surface area (Å²) >= 11 is 0. The quantitative estimate of drug-likeness (QED) is 0.845. The van der Waals surface area contributed by atoms with Crippen molar-refractivity contribution in [2.45, 2.75) is 12.8 Å². The van der Waals surface area contributed by atoms with Crippen LogP contribution >= 0.6 is 0 Å². The third-order valence-electron chi connectivity index (χ3n) is 3.58. The largest absolute Gasteiger partial charge is 0.371 e. The zero-order valence-corrected chi connectivity index (χ0v) is 11.6. The van der Waals surface area contributed by atoms with Crippen molar-refractivity contribution in [2.24, 2.45) is 5.92 Å². The molecule has 2 N–H and O–H groups in total. The lowest BCUT2D eigenvalue weighted by Crippen LogP contribution is -2.39. The lowest BCUT2D eigenvalue weighted by atomic mass is 9.97. The van der Waals surface area contributed by atoms with Crippen LogP contribution in [0.3, 0.4) is 0 Å². The molecule has 19 heavy (non-hydrogen) atoms. The van der Waals surface area contributed by atoms with Crippen LogP contribution in [0, 0.1) is 5.92 Å². The number of rotatable bonds is 4. The van der Waals surface area contributed by atoms with Gasteiger partial charge >= 0.3 is 0 Å². The van der Waals surface area contributed by atoms with Crippen LogP contribution in [-0.2, 0) is 0 Å². The number of anilines is 1. The van der Waals surface area contributed by atoms with Crippen molar-refractivity contribution >= 4 is 11.6 Å². The Labute approximate surface area is 114 Å². The van der Waals surface area contributed by atoms with Gasteiger partial charge in [0.25, 0.3) is 5.91 Å². The number of hydrogen-bond acceptors (Lipinski definition) is 4. The van der Waals surface area contributed by atoms with Crippen molar-refractivity contribution in [3.63, 3.8) is 0 Å². The Morgan fingerprint density at radius 2 is 2.37 bits per heavy atom. The number of aromatic nitrogens is 1. The fourth-order valence-corrected chi connectivity index (χ4v) is 2.62. The molecule has 5 nitrogen and oxygen atoms in total. The van der Waals surface area contributed by atoms with Crippen molar-refractivity contribution in [3.8, 4) is 0 Å². The molecule has 1 unspecified atom stereocenters. The maximum absolute atomic E-state index is 11.6. The molecule has 1 aromatic rings. The van der Waals surface area contributed by atoms with Gasteiger partial charge in [0, 0.05) is 32.0 Å². The van der Waals surface area contributed by atoms with Crippen LogP contribution < -0.4 is 15.5 Å². The molecule has 1 atom stereocenters. The molecule has 1 aliphatic heterocycles. The van der Waals surface area contributed by atoms with Gasteiger partial charge in [-0.05, 0) is 44.5 Å². The zero-order chi connectivity index (χ0) is 13.7. The number of piperidine rings is 1. The molecule has 0 aromatic carbocycles. The summed E-state index contributed by atoms with van der Waals surface area (Å²) in [5, 5.41) is 5.86. The fraction of sp³-hybridized carbons (Fsp3) is 0.571. The monoisotopic (exact) mass is 262 g/mol. The van der Waals surface area contributed by atoms with E-state index in [1.54, 1.807) is 13.2 Å². The Morgan fingerprint density at radius 1 is 1.53 bits per heavy atom. The van der Waals surface area contributed by atoms with E-state index in [0.717, 1.165) is 25.3 Å². The van der Waals surface area contributed by atoms with Gasteiger partial charge in [-0.1, -0.05) is 0 Å². The number of amides is 1. The number of hydrogen-bond donors (Lipinski definition) is 2. The lowest BCUT2D eigenvalue weighted by molar-refractivity contribution is 0.0958. The Balaban J connectivity index is 2.10. The third kappa shape index (κ3) is 3.44. The average molecular weight is 262 g/mol. The van der Waals surface area contributed by atoms with Gasteiger partial charge in [-0.2, -0.15) is 0 Å². The highest BCUT2D eigenvalue weighted by Gasteiger charge is 2.20. The topological polar surface area (TPSA) is 57.3 Å². The molecule has 2 rings (SSSR count). The summed E-state index contributed by atoms with van der Waals surface area (Å²) in [5.41, 5.74) is 1.57. The molecule has 5 heteroatoms. The first kappa shape index (κ1) is 13.8. The Kier molecular flexibility index (Phi) is 4.74. The van der Waals surface area contributed by atoms with E-state index in [4.69, 9.17) is 0 Å². The van der Waals surface area contributed by atoms with E-state index in [0.29, 0.717) is 11.6 Å². The molecular weight excluding hydrogens is 240 g/mol. The van der Waals surface area contributed by atoms with Crippen molar-refractivity contribution < 1.29 is 4.79 Å². The Hall–Kier alpha value is -1.62. The van der Waals surface area contributed by atoms with Gasteiger partial charge < -0.3 is 15.5 Å². The molecule has 2 heterocycles. The first-order valence-corrected chi connectivity index (χ1v) is 6.82. The van der Waals surface area contributed by atoms with Crippen LogP contribution in [-0.4, -0.2) is 44.6 Å². The predicted octanol–water partition coefficient (Wildman–Crippen LogP) is 0.877. The smallest absolute Gasteiger partial charge is 0.269 e. The molecule has 1 aliphatic rings. The van der Waals surface area contributed by atoms with Gasteiger partial charge in [0.2, 0.25) is 0 Å². The van der Waals surface area contributed by atoms with Gasteiger partial charge in [-0.25, -0.2) is 0 Å². The number of pyridine rings is 1. The van der Waals surface area contributed by atoms with Gasteiger partial charge in [0.1, 0.15) is 5.69 Å². The SMILES string of the molecule is CNCC1CCCN(c2ccnc(C(=O)NC)c2)C1. The molecule has 0 aliphatic carbocycles. The summed E-state index contributed by atoms with van der Waals surface area (Å²) in [6, 6.07) is 3.86. The van der Waals surface area contributed by atoms with E-state index >= 15 is 0 Å². The minimum absolute atomic E-state index is 0.134. The zero-order valence-electron chi connectivity index (χ0n) is 11.6. The van der Waals surface area contributed by atoms with E-state index in [9.17, 15) is 4.79 Å².